The minimum atomic E-state index is 0.193. The second-order valence-electron chi connectivity index (χ2n) is 9.76. The number of pyridine rings is 3. The number of fused-ring (bicyclic) bond motifs is 3. The number of amides is 1. The summed E-state index contributed by atoms with van der Waals surface area (Å²) < 4.78 is 0. The van der Waals surface area contributed by atoms with Crippen molar-refractivity contribution >= 4 is 33.5 Å². The standard InChI is InChI=1S/C29H29N7O/c1-34(2)19-28(37)36-11-9-35(10-12-36)23-7-3-5-20(13-23)22-14-25-24-15-26(21-6-4-8-30-16-21)31-18-27(24)33-29(25)32-17-22/h3-8,13-18H,9-12,19H2,1-2H3,(H,32,33). The predicted molar refractivity (Wildman–Crippen MR) is 147 cm³/mol. The van der Waals surface area contributed by atoms with E-state index in [1.807, 2.05) is 54.6 Å². The molecule has 1 saturated heterocycles. The fourth-order valence-corrected chi connectivity index (χ4v) is 4.97. The summed E-state index contributed by atoms with van der Waals surface area (Å²) in [5, 5.41) is 2.16. The van der Waals surface area contributed by atoms with Crippen LogP contribution in [0.5, 0.6) is 0 Å². The molecule has 6 rings (SSSR count). The molecule has 186 valence electrons. The number of likely N-dealkylation sites (N-methyl/N-ethyl adjacent to an activating group) is 1. The van der Waals surface area contributed by atoms with Gasteiger partial charge in [-0.1, -0.05) is 12.1 Å². The van der Waals surface area contributed by atoms with Crippen LogP contribution in [-0.4, -0.2) is 82.5 Å². The number of aromatic nitrogens is 4. The zero-order chi connectivity index (χ0) is 25.4. The van der Waals surface area contributed by atoms with Crippen LogP contribution in [0, 0.1) is 0 Å². The van der Waals surface area contributed by atoms with E-state index in [2.05, 4.69) is 56.3 Å². The topological polar surface area (TPSA) is 81.3 Å². The molecule has 1 amide bonds. The number of hydrogen-bond acceptors (Lipinski definition) is 6. The molecule has 1 N–H and O–H groups in total. The maximum Gasteiger partial charge on any atom is 0.236 e. The first kappa shape index (κ1) is 23.1. The van der Waals surface area contributed by atoms with Crippen molar-refractivity contribution in [3.8, 4) is 22.4 Å². The number of rotatable bonds is 5. The first-order valence-corrected chi connectivity index (χ1v) is 12.5. The van der Waals surface area contributed by atoms with E-state index in [0.29, 0.717) is 6.54 Å². The molecule has 1 fully saturated rings. The lowest BCUT2D eigenvalue weighted by Crippen LogP contribution is -2.50. The molecule has 1 aliphatic rings. The van der Waals surface area contributed by atoms with Crippen molar-refractivity contribution in [3.63, 3.8) is 0 Å². The third kappa shape index (κ3) is 4.63. The molecular formula is C29H29N7O. The van der Waals surface area contributed by atoms with Gasteiger partial charge in [0.1, 0.15) is 5.65 Å². The molecule has 0 bridgehead atoms. The smallest absolute Gasteiger partial charge is 0.236 e. The van der Waals surface area contributed by atoms with E-state index in [1.165, 1.54) is 5.69 Å². The van der Waals surface area contributed by atoms with E-state index in [1.54, 1.807) is 6.20 Å². The molecule has 5 heterocycles. The van der Waals surface area contributed by atoms with Crippen LogP contribution in [-0.2, 0) is 4.79 Å². The molecule has 0 aliphatic carbocycles. The third-order valence-corrected chi connectivity index (χ3v) is 6.92. The van der Waals surface area contributed by atoms with Crippen LogP contribution >= 0.6 is 0 Å². The molecule has 1 aliphatic heterocycles. The number of carbonyl (C=O) groups excluding carboxylic acids is 1. The van der Waals surface area contributed by atoms with Gasteiger partial charge in [0.25, 0.3) is 0 Å². The lowest BCUT2D eigenvalue weighted by Gasteiger charge is -2.36. The molecule has 4 aromatic heterocycles. The average Bonchev–Trinajstić information content (AvgIpc) is 3.30. The highest BCUT2D eigenvalue weighted by atomic mass is 16.2. The third-order valence-electron chi connectivity index (χ3n) is 6.92. The first-order chi connectivity index (χ1) is 18.0. The van der Waals surface area contributed by atoms with Crippen LogP contribution < -0.4 is 4.90 Å². The quantitative estimate of drug-likeness (QED) is 0.400. The zero-order valence-electron chi connectivity index (χ0n) is 21.1. The van der Waals surface area contributed by atoms with Crippen molar-refractivity contribution in [1.29, 1.82) is 0 Å². The van der Waals surface area contributed by atoms with Gasteiger partial charge >= 0.3 is 0 Å². The monoisotopic (exact) mass is 491 g/mol. The van der Waals surface area contributed by atoms with Gasteiger partial charge in [0.05, 0.1) is 24.0 Å². The number of hydrogen-bond donors (Lipinski definition) is 1. The molecular weight excluding hydrogens is 462 g/mol. The number of nitrogens with one attached hydrogen (secondary N) is 1. The van der Waals surface area contributed by atoms with E-state index < -0.39 is 0 Å². The second kappa shape index (κ2) is 9.63. The van der Waals surface area contributed by atoms with Crippen LogP contribution in [0.3, 0.4) is 0 Å². The van der Waals surface area contributed by atoms with Crippen LogP contribution in [0.25, 0.3) is 44.3 Å². The van der Waals surface area contributed by atoms with Crippen molar-refractivity contribution in [2.45, 2.75) is 0 Å². The van der Waals surface area contributed by atoms with Crippen molar-refractivity contribution < 1.29 is 4.79 Å². The molecule has 5 aromatic rings. The number of aromatic amines is 1. The normalized spacial score (nSPS) is 14.1. The Balaban J connectivity index is 1.27. The number of nitrogens with zero attached hydrogens (tertiary/aromatic N) is 6. The van der Waals surface area contributed by atoms with Crippen LogP contribution in [0.1, 0.15) is 0 Å². The highest BCUT2D eigenvalue weighted by Gasteiger charge is 2.22. The van der Waals surface area contributed by atoms with E-state index in [9.17, 15) is 4.79 Å². The highest BCUT2D eigenvalue weighted by molar-refractivity contribution is 6.07. The second-order valence-corrected chi connectivity index (χ2v) is 9.76. The van der Waals surface area contributed by atoms with Gasteiger partial charge in [-0.05, 0) is 56.1 Å². The number of H-pyrrole nitrogens is 1. The largest absolute Gasteiger partial charge is 0.368 e. The van der Waals surface area contributed by atoms with Gasteiger partial charge in [0.15, 0.2) is 0 Å². The summed E-state index contributed by atoms with van der Waals surface area (Å²) in [6.07, 6.45) is 7.38. The maximum absolute atomic E-state index is 12.4. The van der Waals surface area contributed by atoms with Gasteiger partial charge < -0.3 is 19.7 Å². The Morgan fingerprint density at radius 3 is 2.51 bits per heavy atom. The van der Waals surface area contributed by atoms with Crippen LogP contribution in [0.15, 0.2) is 73.3 Å². The van der Waals surface area contributed by atoms with E-state index in [4.69, 9.17) is 4.98 Å². The van der Waals surface area contributed by atoms with E-state index in [0.717, 1.165) is 70.5 Å². The highest BCUT2D eigenvalue weighted by Crippen LogP contribution is 2.32. The maximum atomic E-state index is 12.4. The van der Waals surface area contributed by atoms with E-state index >= 15 is 0 Å². The summed E-state index contributed by atoms with van der Waals surface area (Å²) in [6.45, 7) is 3.59. The van der Waals surface area contributed by atoms with Crippen LogP contribution in [0.4, 0.5) is 5.69 Å². The van der Waals surface area contributed by atoms with Gasteiger partial charge in [-0.25, -0.2) is 4.98 Å². The molecule has 0 radical (unpaired) electrons. The van der Waals surface area contributed by atoms with Crippen molar-refractivity contribution in [1.82, 2.24) is 29.7 Å². The van der Waals surface area contributed by atoms with Gasteiger partial charge in [0.2, 0.25) is 5.91 Å². The molecule has 0 atom stereocenters. The Bertz CT molecular complexity index is 1570. The molecule has 0 saturated carbocycles. The Morgan fingerprint density at radius 2 is 1.73 bits per heavy atom. The molecule has 1 aromatic carbocycles. The number of anilines is 1. The molecule has 0 unspecified atom stereocenters. The molecule has 8 heteroatoms. The molecule has 37 heavy (non-hydrogen) atoms. The summed E-state index contributed by atoms with van der Waals surface area (Å²) >= 11 is 0. The van der Waals surface area contributed by atoms with Crippen molar-refractivity contribution in [2.75, 3.05) is 51.7 Å². The number of benzene rings is 1. The van der Waals surface area contributed by atoms with Gasteiger partial charge in [-0.3, -0.25) is 14.8 Å². The van der Waals surface area contributed by atoms with Crippen molar-refractivity contribution in [3.05, 3.63) is 73.3 Å². The number of piperazine rings is 1. The molecule has 8 nitrogen and oxygen atoms in total. The zero-order valence-corrected chi connectivity index (χ0v) is 21.1. The Hall–Kier alpha value is -4.30. The SMILES string of the molecule is CN(C)CC(=O)N1CCN(c2cccc(-c3cnc4[nH]c5cnc(-c6cccnc6)cc5c4c3)c2)CC1. The Morgan fingerprint density at radius 1 is 0.892 bits per heavy atom. The minimum absolute atomic E-state index is 0.193. The fourth-order valence-electron chi connectivity index (χ4n) is 4.97. The Labute approximate surface area is 215 Å². The lowest BCUT2D eigenvalue weighted by atomic mass is 10.0. The van der Waals surface area contributed by atoms with E-state index in [-0.39, 0.29) is 5.91 Å². The van der Waals surface area contributed by atoms with Gasteiger partial charge in [-0.15, -0.1) is 0 Å². The predicted octanol–water partition coefficient (Wildman–Crippen LogP) is 4.05. The fraction of sp³-hybridized carbons (Fsp3) is 0.241. The van der Waals surface area contributed by atoms with Crippen molar-refractivity contribution in [2.24, 2.45) is 0 Å². The minimum Gasteiger partial charge on any atom is -0.368 e. The summed E-state index contributed by atoms with van der Waals surface area (Å²) in [5.74, 6) is 0.193. The summed E-state index contributed by atoms with van der Waals surface area (Å²) in [6, 6.07) is 16.8. The lowest BCUT2D eigenvalue weighted by molar-refractivity contribution is -0.132. The first-order valence-electron chi connectivity index (χ1n) is 12.5. The molecule has 0 spiro atoms. The van der Waals surface area contributed by atoms with Crippen LogP contribution in [0.2, 0.25) is 0 Å². The average molecular weight is 492 g/mol. The summed E-state index contributed by atoms with van der Waals surface area (Å²) in [7, 11) is 3.86. The summed E-state index contributed by atoms with van der Waals surface area (Å²) in [4.78, 5) is 35.6. The van der Waals surface area contributed by atoms with Gasteiger partial charge in [-0.2, -0.15) is 0 Å². The Kier molecular flexibility index (Phi) is 6.02. The number of carbonyl (C=O) groups is 1. The van der Waals surface area contributed by atoms with Gasteiger partial charge in [0, 0.05) is 72.4 Å². The summed E-state index contributed by atoms with van der Waals surface area (Å²) in [5.41, 5.74) is 7.03.